The Morgan fingerprint density at radius 3 is 2.64 bits per heavy atom. The minimum absolute atomic E-state index is 0.137. The Balaban J connectivity index is 2.88. The van der Waals surface area contributed by atoms with Crippen LogP contribution in [0.2, 0.25) is 0 Å². The minimum atomic E-state index is -1.16. The van der Waals surface area contributed by atoms with E-state index in [1.165, 1.54) is 0 Å². The maximum absolute atomic E-state index is 10.6. The second kappa shape index (κ2) is 2.61. The quantitative estimate of drug-likeness (QED) is 0.597. The molecule has 1 aliphatic heterocycles. The summed E-state index contributed by atoms with van der Waals surface area (Å²) >= 11 is 0. The van der Waals surface area contributed by atoms with Crippen LogP contribution in [0, 0.1) is 0 Å². The predicted octanol–water partition coefficient (Wildman–Crippen LogP) is 0.497. The highest BCUT2D eigenvalue weighted by Crippen LogP contribution is 2.01. The largest absolute Gasteiger partial charge is 0.477 e. The van der Waals surface area contributed by atoms with E-state index in [1.807, 2.05) is 0 Å². The molecule has 0 radical (unpaired) electrons. The molecule has 0 bridgehead atoms. The predicted molar refractivity (Wildman–Crippen MR) is 38.2 cm³/mol. The van der Waals surface area contributed by atoms with Crippen molar-refractivity contribution in [1.29, 1.82) is 0 Å². The molecule has 1 aliphatic rings. The Bertz CT molecular complexity index is 278. The molecule has 0 saturated heterocycles. The number of aliphatic imine (C=N–C) groups is 2. The fourth-order valence-corrected chi connectivity index (χ4v) is 0.749. The minimum Gasteiger partial charge on any atom is -0.477 e. The van der Waals surface area contributed by atoms with Gasteiger partial charge in [0, 0.05) is 12.1 Å². The van der Waals surface area contributed by atoms with E-state index in [0.717, 1.165) is 0 Å². The highest BCUT2D eigenvalue weighted by molar-refractivity contribution is 6.42. The molecule has 1 heterocycles. The zero-order valence-electron chi connectivity index (χ0n) is 5.87. The Kier molecular flexibility index (Phi) is 1.80. The molecule has 0 aromatic heterocycles. The van der Waals surface area contributed by atoms with E-state index in [1.54, 1.807) is 6.92 Å². The van der Waals surface area contributed by atoms with Crippen molar-refractivity contribution in [2.75, 3.05) is 0 Å². The van der Waals surface area contributed by atoms with Crippen LogP contribution < -0.4 is 0 Å². The zero-order chi connectivity index (χ0) is 8.43. The van der Waals surface area contributed by atoms with Crippen molar-refractivity contribution >= 4 is 23.4 Å². The van der Waals surface area contributed by atoms with E-state index in [0.29, 0.717) is 5.71 Å². The highest BCUT2D eigenvalue weighted by atomic mass is 16.4. The van der Waals surface area contributed by atoms with E-state index in [-0.39, 0.29) is 12.1 Å². The normalized spacial score (nSPS) is 17.4. The van der Waals surface area contributed by atoms with Crippen molar-refractivity contribution in [1.82, 2.24) is 0 Å². The first-order valence-corrected chi connectivity index (χ1v) is 2.98. The third-order valence-electron chi connectivity index (χ3n) is 1.19. The summed E-state index contributed by atoms with van der Waals surface area (Å²) in [6.07, 6.45) is 0.154. The first kappa shape index (κ1) is 7.59. The summed E-state index contributed by atoms with van der Waals surface area (Å²) in [7, 11) is 0. The van der Waals surface area contributed by atoms with Gasteiger partial charge in [0.05, 0.1) is 0 Å². The van der Waals surface area contributed by atoms with Gasteiger partial charge < -0.3 is 5.11 Å². The average molecular weight is 154 g/mol. The third-order valence-corrected chi connectivity index (χ3v) is 1.19. The lowest BCUT2D eigenvalue weighted by Crippen LogP contribution is -2.21. The van der Waals surface area contributed by atoms with E-state index in [2.05, 4.69) is 9.98 Å². The molecule has 0 spiro atoms. The van der Waals surface area contributed by atoms with Crippen LogP contribution in [0.15, 0.2) is 9.98 Å². The van der Waals surface area contributed by atoms with Crippen molar-refractivity contribution in [2.45, 2.75) is 13.3 Å². The molecule has 1 rings (SSSR count). The molecular weight excluding hydrogens is 148 g/mol. The summed E-state index contributed by atoms with van der Waals surface area (Å²) in [5, 5.41) is 8.44. The molecule has 1 N–H and O–H groups in total. The molecule has 2 amide bonds. The lowest BCUT2D eigenvalue weighted by molar-refractivity contribution is -0.129. The van der Waals surface area contributed by atoms with Crippen LogP contribution >= 0.6 is 0 Å². The molecule has 0 aromatic carbocycles. The molecule has 11 heavy (non-hydrogen) atoms. The van der Waals surface area contributed by atoms with Gasteiger partial charge in [-0.2, -0.15) is 4.99 Å². The van der Waals surface area contributed by atoms with Gasteiger partial charge in [0.1, 0.15) is 5.71 Å². The number of carbonyl (C=O) groups excluding carboxylic acids is 1. The Labute approximate surface area is 62.5 Å². The number of carbonyl (C=O) groups is 2. The van der Waals surface area contributed by atoms with Crippen LogP contribution in [0.4, 0.5) is 4.79 Å². The number of hydrogen-bond acceptors (Lipinski definition) is 2. The van der Waals surface area contributed by atoms with Gasteiger partial charge in [0.15, 0.2) is 0 Å². The summed E-state index contributed by atoms with van der Waals surface area (Å²) in [5.41, 5.74) is 0.352. The van der Waals surface area contributed by atoms with Gasteiger partial charge >= 0.3 is 12.0 Å². The highest BCUT2D eigenvalue weighted by Gasteiger charge is 2.17. The van der Waals surface area contributed by atoms with Crippen LogP contribution in [0.3, 0.4) is 0 Å². The third kappa shape index (κ3) is 1.70. The Hall–Kier alpha value is -1.52. The van der Waals surface area contributed by atoms with Crippen LogP contribution in [-0.4, -0.2) is 28.5 Å². The molecule has 0 aromatic rings. The van der Waals surface area contributed by atoms with E-state index < -0.39 is 12.0 Å². The maximum atomic E-state index is 10.6. The summed E-state index contributed by atoms with van der Waals surface area (Å²) in [5.74, 6) is -1.16. The molecule has 0 fully saturated rings. The van der Waals surface area contributed by atoms with Crippen LogP contribution in [0.5, 0.6) is 0 Å². The molecule has 0 unspecified atom stereocenters. The van der Waals surface area contributed by atoms with Gasteiger partial charge in [-0.3, -0.25) is 0 Å². The van der Waals surface area contributed by atoms with Crippen molar-refractivity contribution < 1.29 is 14.7 Å². The molecule has 58 valence electrons. The van der Waals surface area contributed by atoms with Gasteiger partial charge in [-0.1, -0.05) is 0 Å². The number of urea groups is 1. The molecule has 5 heteroatoms. The molecule has 0 saturated carbocycles. The molecular formula is C6H6N2O3. The second-order valence-corrected chi connectivity index (χ2v) is 2.17. The maximum Gasteiger partial charge on any atom is 0.367 e. The first-order chi connectivity index (χ1) is 5.09. The fraction of sp³-hybridized carbons (Fsp3) is 0.333. The van der Waals surface area contributed by atoms with Crippen LogP contribution in [-0.2, 0) is 4.79 Å². The van der Waals surface area contributed by atoms with Gasteiger partial charge in [-0.05, 0) is 6.92 Å². The number of aliphatic carboxylic acids is 1. The average Bonchev–Trinajstić information content (AvgIpc) is 1.85. The van der Waals surface area contributed by atoms with Crippen LogP contribution in [0.1, 0.15) is 13.3 Å². The molecule has 0 atom stereocenters. The van der Waals surface area contributed by atoms with E-state index in [4.69, 9.17) is 5.11 Å². The SMILES string of the molecule is CC1=NC(=O)N=C(C(=O)O)C1. The van der Waals surface area contributed by atoms with Crippen molar-refractivity contribution in [3.05, 3.63) is 0 Å². The standard InChI is InChI=1S/C6H6N2O3/c1-3-2-4(5(9)10)8-6(11)7-3/h2H2,1H3,(H,9,10). The number of carboxylic acids is 1. The number of rotatable bonds is 1. The first-order valence-electron chi connectivity index (χ1n) is 2.98. The lowest BCUT2D eigenvalue weighted by Gasteiger charge is -2.03. The smallest absolute Gasteiger partial charge is 0.367 e. The van der Waals surface area contributed by atoms with E-state index >= 15 is 0 Å². The number of carboxylic acid groups (broad SMARTS) is 1. The van der Waals surface area contributed by atoms with Gasteiger partial charge in [-0.15, -0.1) is 0 Å². The zero-order valence-corrected chi connectivity index (χ0v) is 5.87. The lowest BCUT2D eigenvalue weighted by atomic mass is 10.2. The van der Waals surface area contributed by atoms with Gasteiger partial charge in [-0.25, -0.2) is 14.6 Å². The number of amides is 2. The van der Waals surface area contributed by atoms with Crippen LogP contribution in [0.25, 0.3) is 0 Å². The van der Waals surface area contributed by atoms with Crippen molar-refractivity contribution in [3.63, 3.8) is 0 Å². The summed E-state index contributed by atoms with van der Waals surface area (Å²) in [6, 6.07) is -0.730. The molecule has 5 nitrogen and oxygen atoms in total. The molecule has 0 aliphatic carbocycles. The summed E-state index contributed by atoms with van der Waals surface area (Å²) in [6.45, 7) is 1.59. The summed E-state index contributed by atoms with van der Waals surface area (Å²) < 4.78 is 0. The van der Waals surface area contributed by atoms with Crippen molar-refractivity contribution in [2.24, 2.45) is 9.98 Å². The fourth-order valence-electron chi connectivity index (χ4n) is 0.749. The second-order valence-electron chi connectivity index (χ2n) is 2.17. The Morgan fingerprint density at radius 1 is 1.55 bits per heavy atom. The monoisotopic (exact) mass is 154 g/mol. The van der Waals surface area contributed by atoms with Crippen molar-refractivity contribution in [3.8, 4) is 0 Å². The van der Waals surface area contributed by atoms with E-state index in [9.17, 15) is 9.59 Å². The summed E-state index contributed by atoms with van der Waals surface area (Å²) in [4.78, 5) is 27.5. The number of hydrogen-bond donors (Lipinski definition) is 1. The Morgan fingerprint density at radius 2 is 2.18 bits per heavy atom. The topological polar surface area (TPSA) is 79.1 Å². The number of nitrogens with zero attached hydrogens (tertiary/aromatic N) is 2. The van der Waals surface area contributed by atoms with Gasteiger partial charge in [0.25, 0.3) is 0 Å². The van der Waals surface area contributed by atoms with Gasteiger partial charge in [0.2, 0.25) is 0 Å².